The van der Waals surface area contributed by atoms with E-state index in [1.807, 2.05) is 6.07 Å². The normalized spacial score (nSPS) is 21.6. The van der Waals surface area contributed by atoms with Gasteiger partial charge < -0.3 is 29.7 Å². The molecule has 2 saturated heterocycles. The maximum absolute atomic E-state index is 5.40. The summed E-state index contributed by atoms with van der Waals surface area (Å²) >= 11 is 0. The SMILES string of the molecule is CCNC(=NCC1(C)COC1)NC1CCN(c2cc(OC)cc(OC)c2)C1. The molecule has 2 N–H and O–H groups in total. The van der Waals surface area contributed by atoms with Crippen LogP contribution in [0.3, 0.4) is 0 Å². The minimum absolute atomic E-state index is 0.182. The minimum Gasteiger partial charge on any atom is -0.497 e. The number of nitrogens with one attached hydrogen (secondary N) is 2. The van der Waals surface area contributed by atoms with Gasteiger partial charge in [-0.05, 0) is 13.3 Å². The van der Waals surface area contributed by atoms with Crippen molar-refractivity contribution in [2.24, 2.45) is 10.4 Å². The van der Waals surface area contributed by atoms with E-state index in [0.29, 0.717) is 6.04 Å². The van der Waals surface area contributed by atoms with Gasteiger partial charge in [0, 0.05) is 55.0 Å². The molecule has 3 rings (SSSR count). The van der Waals surface area contributed by atoms with Gasteiger partial charge in [-0.2, -0.15) is 0 Å². The Morgan fingerprint density at radius 2 is 1.96 bits per heavy atom. The molecule has 0 aromatic heterocycles. The van der Waals surface area contributed by atoms with Crippen LogP contribution in [-0.2, 0) is 4.74 Å². The Morgan fingerprint density at radius 3 is 2.52 bits per heavy atom. The second kappa shape index (κ2) is 8.69. The van der Waals surface area contributed by atoms with Crippen LogP contribution in [0.15, 0.2) is 23.2 Å². The summed E-state index contributed by atoms with van der Waals surface area (Å²) in [5, 5.41) is 6.95. The molecule has 1 unspecified atom stereocenters. The van der Waals surface area contributed by atoms with Gasteiger partial charge in [-0.1, -0.05) is 6.92 Å². The molecule has 1 aromatic rings. The third-order valence-electron chi connectivity index (χ3n) is 5.09. The van der Waals surface area contributed by atoms with Crippen molar-refractivity contribution >= 4 is 11.6 Å². The van der Waals surface area contributed by atoms with Crippen molar-refractivity contribution in [2.45, 2.75) is 26.3 Å². The highest BCUT2D eigenvalue weighted by atomic mass is 16.5. The summed E-state index contributed by atoms with van der Waals surface area (Å²) in [6.07, 6.45) is 1.06. The van der Waals surface area contributed by atoms with Crippen LogP contribution in [0.2, 0.25) is 0 Å². The van der Waals surface area contributed by atoms with Crippen LogP contribution in [-0.4, -0.2) is 65.6 Å². The van der Waals surface area contributed by atoms with E-state index in [-0.39, 0.29) is 5.41 Å². The van der Waals surface area contributed by atoms with Crippen molar-refractivity contribution < 1.29 is 14.2 Å². The van der Waals surface area contributed by atoms with E-state index in [1.54, 1.807) is 14.2 Å². The smallest absolute Gasteiger partial charge is 0.191 e. The molecular weight excluding hydrogens is 344 g/mol. The van der Waals surface area contributed by atoms with Crippen molar-refractivity contribution in [2.75, 3.05) is 58.5 Å². The third kappa shape index (κ3) is 4.97. The van der Waals surface area contributed by atoms with E-state index in [2.05, 4.69) is 41.5 Å². The summed E-state index contributed by atoms with van der Waals surface area (Å²) in [7, 11) is 3.36. The maximum Gasteiger partial charge on any atom is 0.191 e. The van der Waals surface area contributed by atoms with Gasteiger partial charge >= 0.3 is 0 Å². The zero-order valence-electron chi connectivity index (χ0n) is 16.9. The van der Waals surface area contributed by atoms with Crippen molar-refractivity contribution in [3.05, 3.63) is 18.2 Å². The van der Waals surface area contributed by atoms with Gasteiger partial charge in [0.2, 0.25) is 0 Å². The lowest BCUT2D eigenvalue weighted by molar-refractivity contribution is -0.0945. The fourth-order valence-corrected chi connectivity index (χ4v) is 3.41. The number of nitrogens with zero attached hydrogens (tertiary/aromatic N) is 2. The van der Waals surface area contributed by atoms with Gasteiger partial charge in [0.25, 0.3) is 0 Å². The van der Waals surface area contributed by atoms with Crippen molar-refractivity contribution in [3.63, 3.8) is 0 Å². The van der Waals surface area contributed by atoms with Gasteiger partial charge in [0.1, 0.15) is 11.5 Å². The standard InChI is InChI=1S/C20H32N4O3/c1-5-21-19(22-12-20(2)13-27-14-20)23-15-6-7-24(11-15)16-8-17(25-3)10-18(9-16)26-4/h8-10,15H,5-7,11-14H2,1-4H3,(H2,21,22,23). The lowest BCUT2D eigenvalue weighted by Gasteiger charge is -2.36. The quantitative estimate of drug-likeness (QED) is 0.559. The molecule has 2 aliphatic rings. The first-order valence-corrected chi connectivity index (χ1v) is 9.66. The van der Waals surface area contributed by atoms with Crippen LogP contribution in [0.1, 0.15) is 20.3 Å². The number of anilines is 1. The van der Waals surface area contributed by atoms with Crippen LogP contribution < -0.4 is 25.0 Å². The Kier molecular flexibility index (Phi) is 6.31. The highest BCUT2D eigenvalue weighted by Gasteiger charge is 2.33. The molecule has 150 valence electrons. The average Bonchev–Trinajstić information content (AvgIpc) is 3.13. The van der Waals surface area contributed by atoms with Crippen LogP contribution in [0.5, 0.6) is 11.5 Å². The Morgan fingerprint density at radius 1 is 1.26 bits per heavy atom. The van der Waals surface area contributed by atoms with E-state index in [9.17, 15) is 0 Å². The first kappa shape index (κ1) is 19.6. The summed E-state index contributed by atoms with van der Waals surface area (Å²) in [5.41, 5.74) is 1.30. The van der Waals surface area contributed by atoms with Gasteiger partial charge in [-0.15, -0.1) is 0 Å². The topological polar surface area (TPSA) is 67.4 Å². The monoisotopic (exact) mass is 376 g/mol. The molecule has 1 atom stereocenters. The molecule has 2 heterocycles. The molecule has 7 nitrogen and oxygen atoms in total. The fourth-order valence-electron chi connectivity index (χ4n) is 3.41. The van der Waals surface area contributed by atoms with Crippen LogP contribution in [0, 0.1) is 5.41 Å². The zero-order chi connectivity index (χ0) is 19.3. The second-order valence-corrected chi connectivity index (χ2v) is 7.65. The van der Waals surface area contributed by atoms with Crippen LogP contribution in [0.4, 0.5) is 5.69 Å². The molecule has 0 aliphatic carbocycles. The van der Waals surface area contributed by atoms with E-state index in [1.165, 1.54) is 0 Å². The van der Waals surface area contributed by atoms with Gasteiger partial charge in [-0.25, -0.2) is 0 Å². The van der Waals surface area contributed by atoms with Gasteiger partial charge in [-0.3, -0.25) is 4.99 Å². The number of hydrogen-bond acceptors (Lipinski definition) is 5. The van der Waals surface area contributed by atoms with E-state index in [0.717, 1.165) is 69.0 Å². The van der Waals surface area contributed by atoms with Gasteiger partial charge in [0.15, 0.2) is 5.96 Å². The molecular formula is C20H32N4O3. The number of ether oxygens (including phenoxy) is 3. The Balaban J connectivity index is 1.61. The molecule has 0 saturated carbocycles. The predicted octanol–water partition coefficient (Wildman–Crippen LogP) is 1.87. The highest BCUT2D eigenvalue weighted by Crippen LogP contribution is 2.30. The lowest BCUT2D eigenvalue weighted by atomic mass is 9.89. The third-order valence-corrected chi connectivity index (χ3v) is 5.09. The number of hydrogen-bond donors (Lipinski definition) is 2. The molecule has 27 heavy (non-hydrogen) atoms. The average molecular weight is 377 g/mol. The number of guanidine groups is 1. The Bertz CT molecular complexity index is 638. The Hall–Kier alpha value is -2.15. The Labute approximate surface area is 162 Å². The first-order chi connectivity index (χ1) is 13.0. The van der Waals surface area contributed by atoms with Crippen LogP contribution >= 0.6 is 0 Å². The molecule has 7 heteroatoms. The van der Waals surface area contributed by atoms with Gasteiger partial charge in [0.05, 0.1) is 34.0 Å². The number of methoxy groups -OCH3 is 2. The zero-order valence-corrected chi connectivity index (χ0v) is 16.9. The van der Waals surface area contributed by atoms with E-state index >= 15 is 0 Å². The summed E-state index contributed by atoms with van der Waals surface area (Å²) in [5.74, 6) is 2.51. The molecule has 2 aliphatic heterocycles. The second-order valence-electron chi connectivity index (χ2n) is 7.65. The molecule has 2 fully saturated rings. The van der Waals surface area contributed by atoms with Crippen molar-refractivity contribution in [1.82, 2.24) is 10.6 Å². The predicted molar refractivity (Wildman–Crippen MR) is 108 cm³/mol. The highest BCUT2D eigenvalue weighted by molar-refractivity contribution is 5.80. The van der Waals surface area contributed by atoms with Crippen molar-refractivity contribution in [3.8, 4) is 11.5 Å². The largest absolute Gasteiger partial charge is 0.497 e. The number of benzene rings is 1. The van der Waals surface area contributed by atoms with Crippen molar-refractivity contribution in [1.29, 1.82) is 0 Å². The number of aliphatic imine (C=N–C) groups is 1. The van der Waals surface area contributed by atoms with Crippen LogP contribution in [0.25, 0.3) is 0 Å². The minimum atomic E-state index is 0.182. The van der Waals surface area contributed by atoms with E-state index in [4.69, 9.17) is 19.2 Å². The number of rotatable bonds is 7. The summed E-state index contributed by atoms with van der Waals surface area (Å²) in [6, 6.07) is 6.37. The van der Waals surface area contributed by atoms with E-state index < -0.39 is 0 Å². The lowest BCUT2D eigenvalue weighted by Crippen LogP contribution is -2.47. The fraction of sp³-hybridized carbons (Fsp3) is 0.650. The molecule has 0 spiro atoms. The summed E-state index contributed by atoms with van der Waals surface area (Å²) < 4.78 is 16.1. The molecule has 0 bridgehead atoms. The maximum atomic E-state index is 5.40. The summed E-state index contributed by atoms with van der Waals surface area (Å²) in [4.78, 5) is 7.13. The first-order valence-electron chi connectivity index (χ1n) is 9.66. The summed E-state index contributed by atoms with van der Waals surface area (Å²) in [6.45, 7) is 9.44. The molecule has 1 aromatic carbocycles. The molecule has 0 radical (unpaired) electrons. The molecule has 0 amide bonds.